The van der Waals surface area contributed by atoms with Crippen molar-refractivity contribution in [3.05, 3.63) is 28.0 Å². The van der Waals surface area contributed by atoms with Crippen molar-refractivity contribution in [3.8, 4) is 6.07 Å². The van der Waals surface area contributed by atoms with Gasteiger partial charge in [0.15, 0.2) is 0 Å². The largest absolute Gasteiger partial charge is 0.381 e. The summed E-state index contributed by atoms with van der Waals surface area (Å²) in [6, 6.07) is 3.82. The van der Waals surface area contributed by atoms with Crippen LogP contribution in [0.15, 0.2) is 6.07 Å². The van der Waals surface area contributed by atoms with Crippen molar-refractivity contribution in [3.63, 3.8) is 0 Å². The molecule has 1 aromatic heterocycles. The lowest BCUT2D eigenvalue weighted by Crippen LogP contribution is -2.04. The van der Waals surface area contributed by atoms with Crippen LogP contribution in [0.5, 0.6) is 0 Å². The molecule has 0 amide bonds. The number of hydrogen-bond donors (Lipinski definition) is 0. The van der Waals surface area contributed by atoms with E-state index in [0.717, 1.165) is 24.3 Å². The van der Waals surface area contributed by atoms with Gasteiger partial charge in [-0.15, -0.1) is 0 Å². The summed E-state index contributed by atoms with van der Waals surface area (Å²) in [6.45, 7) is 3.44. The average molecular weight is 223 g/mol. The summed E-state index contributed by atoms with van der Waals surface area (Å²) in [5, 5.41) is 9.10. The van der Waals surface area contributed by atoms with Gasteiger partial charge in [-0.1, -0.05) is 11.6 Å². The Morgan fingerprint density at radius 2 is 2.47 bits per heavy atom. The Hall–Kier alpha value is -1.11. The summed E-state index contributed by atoms with van der Waals surface area (Å²) in [6.07, 6.45) is 0.982. The lowest BCUT2D eigenvalue weighted by molar-refractivity contribution is 0.193. The zero-order chi connectivity index (χ0) is 10.8. The standard InChI is InChI=1S/C11H11ClN2O/c1-7-4-9(5-13)11(12)14-10(7)8-2-3-15-6-8/h4,8H,2-3,6H2,1H3. The van der Waals surface area contributed by atoms with E-state index in [1.807, 2.05) is 13.0 Å². The maximum Gasteiger partial charge on any atom is 0.147 e. The zero-order valence-corrected chi connectivity index (χ0v) is 9.21. The fourth-order valence-corrected chi connectivity index (χ4v) is 2.03. The normalized spacial score (nSPS) is 20.2. The molecule has 3 nitrogen and oxygen atoms in total. The topological polar surface area (TPSA) is 45.9 Å². The average Bonchev–Trinajstić information content (AvgIpc) is 2.74. The summed E-state index contributed by atoms with van der Waals surface area (Å²) >= 11 is 5.91. The molecule has 2 rings (SSSR count). The molecule has 1 saturated heterocycles. The predicted molar refractivity (Wildman–Crippen MR) is 56.9 cm³/mol. The number of halogens is 1. The number of nitrogens with zero attached hydrogens (tertiary/aromatic N) is 2. The third-order valence-electron chi connectivity index (χ3n) is 2.64. The summed E-state index contributed by atoms with van der Waals surface area (Å²) < 4.78 is 5.31. The Kier molecular flexibility index (Phi) is 2.90. The number of rotatable bonds is 1. The number of hydrogen-bond acceptors (Lipinski definition) is 3. The van der Waals surface area contributed by atoms with E-state index in [1.54, 1.807) is 6.07 Å². The highest BCUT2D eigenvalue weighted by Crippen LogP contribution is 2.28. The molecule has 0 radical (unpaired) electrons. The third-order valence-corrected chi connectivity index (χ3v) is 2.93. The molecule has 0 aromatic carbocycles. The first-order valence-corrected chi connectivity index (χ1v) is 5.25. The van der Waals surface area contributed by atoms with Crippen molar-refractivity contribution in [1.82, 2.24) is 4.98 Å². The quantitative estimate of drug-likeness (QED) is 0.686. The van der Waals surface area contributed by atoms with E-state index in [-0.39, 0.29) is 0 Å². The molecule has 0 spiro atoms. The predicted octanol–water partition coefficient (Wildman–Crippen LogP) is 2.42. The van der Waals surface area contributed by atoms with Crippen molar-refractivity contribution in [2.45, 2.75) is 19.3 Å². The summed E-state index contributed by atoms with van der Waals surface area (Å²) in [5.74, 6) is 0.329. The molecule has 0 aliphatic carbocycles. The lowest BCUT2D eigenvalue weighted by Gasteiger charge is -2.11. The van der Waals surface area contributed by atoms with Crippen LogP contribution in [-0.4, -0.2) is 18.2 Å². The Bertz CT molecular complexity index is 419. The third kappa shape index (κ3) is 1.97. The van der Waals surface area contributed by atoms with E-state index < -0.39 is 0 Å². The smallest absolute Gasteiger partial charge is 0.147 e. The molecule has 0 saturated carbocycles. The van der Waals surface area contributed by atoms with Gasteiger partial charge in [0, 0.05) is 12.5 Å². The van der Waals surface area contributed by atoms with Gasteiger partial charge in [0.1, 0.15) is 11.2 Å². The van der Waals surface area contributed by atoms with E-state index in [4.69, 9.17) is 21.6 Å². The van der Waals surface area contributed by atoms with Crippen LogP contribution in [-0.2, 0) is 4.74 Å². The molecule has 1 aromatic rings. The van der Waals surface area contributed by atoms with Gasteiger partial charge in [0.05, 0.1) is 17.9 Å². The highest BCUT2D eigenvalue weighted by atomic mass is 35.5. The monoisotopic (exact) mass is 222 g/mol. The first-order valence-electron chi connectivity index (χ1n) is 4.87. The molecule has 1 aliphatic heterocycles. The van der Waals surface area contributed by atoms with Crippen molar-refractivity contribution >= 4 is 11.6 Å². The SMILES string of the molecule is Cc1cc(C#N)c(Cl)nc1C1CCOC1. The molecule has 0 bridgehead atoms. The van der Waals surface area contributed by atoms with Crippen molar-refractivity contribution < 1.29 is 4.74 Å². The van der Waals surface area contributed by atoms with E-state index in [2.05, 4.69) is 4.98 Å². The number of aryl methyl sites for hydroxylation is 1. The summed E-state index contributed by atoms with van der Waals surface area (Å²) in [4.78, 5) is 4.29. The summed E-state index contributed by atoms with van der Waals surface area (Å²) in [5.41, 5.74) is 2.43. The van der Waals surface area contributed by atoms with Crippen LogP contribution in [0.2, 0.25) is 5.15 Å². The fourth-order valence-electron chi connectivity index (χ4n) is 1.85. The molecule has 1 atom stereocenters. The maximum atomic E-state index is 8.80. The highest BCUT2D eigenvalue weighted by molar-refractivity contribution is 6.30. The van der Waals surface area contributed by atoms with Gasteiger partial charge in [-0.25, -0.2) is 4.98 Å². The molecule has 1 unspecified atom stereocenters. The minimum absolute atomic E-state index is 0.296. The van der Waals surface area contributed by atoms with Gasteiger partial charge >= 0.3 is 0 Å². The van der Waals surface area contributed by atoms with E-state index in [1.165, 1.54) is 0 Å². The second kappa shape index (κ2) is 4.18. The van der Waals surface area contributed by atoms with E-state index >= 15 is 0 Å². The first-order chi connectivity index (χ1) is 7.22. The molecular weight excluding hydrogens is 212 g/mol. The van der Waals surface area contributed by atoms with Crippen LogP contribution in [0.4, 0.5) is 0 Å². The van der Waals surface area contributed by atoms with Crippen LogP contribution >= 0.6 is 11.6 Å². The van der Waals surface area contributed by atoms with E-state index in [0.29, 0.717) is 23.2 Å². The van der Waals surface area contributed by atoms with Crippen LogP contribution in [0.25, 0.3) is 0 Å². The second-order valence-electron chi connectivity index (χ2n) is 3.70. The number of pyridine rings is 1. The Labute approximate surface area is 93.6 Å². The van der Waals surface area contributed by atoms with Gasteiger partial charge < -0.3 is 4.74 Å². The van der Waals surface area contributed by atoms with Crippen LogP contribution in [0.3, 0.4) is 0 Å². The van der Waals surface area contributed by atoms with Gasteiger partial charge in [-0.05, 0) is 25.0 Å². The molecule has 15 heavy (non-hydrogen) atoms. The van der Waals surface area contributed by atoms with Crippen molar-refractivity contribution in [2.24, 2.45) is 0 Å². The van der Waals surface area contributed by atoms with Crippen molar-refractivity contribution in [2.75, 3.05) is 13.2 Å². The lowest BCUT2D eigenvalue weighted by atomic mass is 9.99. The van der Waals surface area contributed by atoms with Gasteiger partial charge in [-0.3, -0.25) is 0 Å². The number of aromatic nitrogens is 1. The fraction of sp³-hybridized carbons (Fsp3) is 0.455. The zero-order valence-electron chi connectivity index (χ0n) is 8.46. The minimum atomic E-state index is 0.296. The molecule has 1 aliphatic rings. The molecule has 2 heterocycles. The van der Waals surface area contributed by atoms with Crippen LogP contribution < -0.4 is 0 Å². The molecule has 1 fully saturated rings. The molecule has 78 valence electrons. The van der Waals surface area contributed by atoms with Gasteiger partial charge in [0.25, 0.3) is 0 Å². The Morgan fingerprint density at radius 1 is 1.67 bits per heavy atom. The van der Waals surface area contributed by atoms with Crippen LogP contribution in [0, 0.1) is 18.3 Å². The number of nitriles is 1. The molecular formula is C11H11ClN2O. The number of ether oxygens (including phenoxy) is 1. The molecule has 0 N–H and O–H groups in total. The Morgan fingerprint density at radius 3 is 3.07 bits per heavy atom. The maximum absolute atomic E-state index is 8.80. The second-order valence-corrected chi connectivity index (χ2v) is 4.06. The van der Waals surface area contributed by atoms with Gasteiger partial charge in [-0.2, -0.15) is 5.26 Å². The minimum Gasteiger partial charge on any atom is -0.381 e. The van der Waals surface area contributed by atoms with Crippen LogP contribution in [0.1, 0.15) is 29.2 Å². The van der Waals surface area contributed by atoms with Gasteiger partial charge in [0.2, 0.25) is 0 Å². The summed E-state index contributed by atoms with van der Waals surface area (Å²) in [7, 11) is 0. The van der Waals surface area contributed by atoms with E-state index in [9.17, 15) is 0 Å². The Balaban J connectivity index is 2.40. The van der Waals surface area contributed by atoms with Crippen molar-refractivity contribution in [1.29, 1.82) is 5.26 Å². The first kappa shape index (κ1) is 10.4. The highest BCUT2D eigenvalue weighted by Gasteiger charge is 2.22. The molecule has 4 heteroatoms.